The first-order valence-electron chi connectivity index (χ1n) is 11.7. The number of cyclic esters (lactones) is 1. The Labute approximate surface area is 201 Å². The topological polar surface area (TPSA) is 55.8 Å². The van der Waals surface area contributed by atoms with E-state index in [0.717, 1.165) is 23.1 Å². The first-order chi connectivity index (χ1) is 16.6. The molecule has 1 aliphatic rings. The van der Waals surface area contributed by atoms with E-state index in [1.807, 2.05) is 91.9 Å². The van der Waals surface area contributed by atoms with Crippen LogP contribution >= 0.6 is 0 Å². The van der Waals surface area contributed by atoms with Gasteiger partial charge in [0.15, 0.2) is 0 Å². The Balaban J connectivity index is 1.62. The second-order valence-electron chi connectivity index (χ2n) is 8.60. The highest BCUT2D eigenvalue weighted by Crippen LogP contribution is 2.44. The molecular weight excluding hydrogens is 424 g/mol. The third-order valence-corrected chi connectivity index (χ3v) is 6.24. The molecule has 0 saturated heterocycles. The number of benzene rings is 3. The van der Waals surface area contributed by atoms with E-state index in [-0.39, 0.29) is 17.8 Å². The van der Waals surface area contributed by atoms with Gasteiger partial charge in [-0.15, -0.1) is 6.58 Å². The summed E-state index contributed by atoms with van der Waals surface area (Å²) in [4.78, 5) is 13.3. The lowest BCUT2D eigenvalue weighted by Gasteiger charge is -2.38. The lowest BCUT2D eigenvalue weighted by molar-refractivity contribution is -0.161. The summed E-state index contributed by atoms with van der Waals surface area (Å²) in [5, 5.41) is 11.1. The Kier molecular flexibility index (Phi) is 7.17. The van der Waals surface area contributed by atoms with Crippen LogP contribution in [0.4, 0.5) is 0 Å². The zero-order chi connectivity index (χ0) is 24.0. The number of hydrogen-bond donors (Lipinski definition) is 1. The van der Waals surface area contributed by atoms with Crippen LogP contribution in [0.2, 0.25) is 0 Å². The van der Waals surface area contributed by atoms with Crippen molar-refractivity contribution < 1.29 is 19.4 Å². The summed E-state index contributed by atoms with van der Waals surface area (Å²) in [6.45, 7) is 6.43. The maximum absolute atomic E-state index is 13.3. The van der Waals surface area contributed by atoms with Crippen LogP contribution in [0, 0.1) is 0 Å². The molecule has 4 nitrogen and oxygen atoms in total. The molecule has 4 heteroatoms. The molecule has 0 bridgehead atoms. The van der Waals surface area contributed by atoms with Crippen molar-refractivity contribution in [3.05, 3.63) is 126 Å². The number of carbonyl (C=O) groups is 1. The van der Waals surface area contributed by atoms with Gasteiger partial charge in [-0.25, -0.2) is 4.79 Å². The van der Waals surface area contributed by atoms with E-state index >= 15 is 0 Å². The molecule has 34 heavy (non-hydrogen) atoms. The minimum absolute atomic E-state index is 0.0501. The van der Waals surface area contributed by atoms with Gasteiger partial charge in [0.2, 0.25) is 0 Å². The largest absolute Gasteiger partial charge is 0.512 e. The maximum atomic E-state index is 13.3. The maximum Gasteiger partial charge on any atom is 0.339 e. The SMILES string of the molecule is C=CC(C1=C(O)CC(CCC)(c2ccccc2)OC1=O)c1cccc(OCc2ccccc2)c1. The van der Waals surface area contributed by atoms with E-state index < -0.39 is 17.5 Å². The molecule has 174 valence electrons. The highest BCUT2D eigenvalue weighted by molar-refractivity contribution is 5.92. The zero-order valence-corrected chi connectivity index (χ0v) is 19.4. The van der Waals surface area contributed by atoms with E-state index in [0.29, 0.717) is 18.8 Å². The van der Waals surface area contributed by atoms with Gasteiger partial charge in [-0.3, -0.25) is 0 Å². The summed E-state index contributed by atoms with van der Waals surface area (Å²) in [6, 6.07) is 27.1. The van der Waals surface area contributed by atoms with Crippen LogP contribution in [-0.4, -0.2) is 11.1 Å². The Hall–Kier alpha value is -3.79. The number of rotatable bonds is 9. The Bertz CT molecular complexity index is 1170. The third-order valence-electron chi connectivity index (χ3n) is 6.24. The van der Waals surface area contributed by atoms with Gasteiger partial charge in [0.25, 0.3) is 0 Å². The second-order valence-corrected chi connectivity index (χ2v) is 8.60. The van der Waals surface area contributed by atoms with Gasteiger partial charge in [0, 0.05) is 12.3 Å². The van der Waals surface area contributed by atoms with Crippen molar-refractivity contribution in [2.24, 2.45) is 0 Å². The predicted octanol–water partition coefficient (Wildman–Crippen LogP) is 6.99. The van der Waals surface area contributed by atoms with Gasteiger partial charge in [-0.2, -0.15) is 0 Å². The standard InChI is InChI=1S/C30H30O4/c1-3-18-30(24-15-9-6-10-16-24)20-27(31)28(29(32)34-30)26(4-2)23-14-11-17-25(19-23)33-21-22-12-7-5-8-13-22/h4-17,19,26,31H,2-3,18,20-21H2,1H3. The summed E-state index contributed by atoms with van der Waals surface area (Å²) >= 11 is 0. The van der Waals surface area contributed by atoms with Crippen LogP contribution in [0.3, 0.4) is 0 Å². The number of aliphatic hydroxyl groups excluding tert-OH is 1. The van der Waals surface area contributed by atoms with Crippen LogP contribution in [0.1, 0.15) is 48.8 Å². The molecule has 1 heterocycles. The zero-order valence-electron chi connectivity index (χ0n) is 19.4. The molecule has 0 amide bonds. The minimum atomic E-state index is -0.868. The molecule has 3 aromatic rings. The Morgan fingerprint density at radius 2 is 1.76 bits per heavy atom. The molecule has 2 unspecified atom stereocenters. The predicted molar refractivity (Wildman–Crippen MR) is 134 cm³/mol. The monoisotopic (exact) mass is 454 g/mol. The van der Waals surface area contributed by atoms with Crippen LogP contribution in [0.5, 0.6) is 5.75 Å². The van der Waals surface area contributed by atoms with Crippen molar-refractivity contribution in [3.8, 4) is 5.75 Å². The first kappa shape index (κ1) is 23.4. The van der Waals surface area contributed by atoms with Crippen molar-refractivity contribution in [1.82, 2.24) is 0 Å². The fourth-order valence-electron chi connectivity index (χ4n) is 4.61. The number of ether oxygens (including phenoxy) is 2. The normalized spacial score (nSPS) is 18.8. The molecular formula is C30H30O4. The van der Waals surface area contributed by atoms with Gasteiger partial charge < -0.3 is 14.6 Å². The Morgan fingerprint density at radius 1 is 1.06 bits per heavy atom. The quantitative estimate of drug-likeness (QED) is 0.280. The molecule has 3 aromatic carbocycles. The van der Waals surface area contributed by atoms with Crippen LogP contribution in [-0.2, 0) is 21.7 Å². The van der Waals surface area contributed by atoms with E-state index in [1.165, 1.54) is 0 Å². The second kappa shape index (κ2) is 10.4. The lowest BCUT2D eigenvalue weighted by Crippen LogP contribution is -2.39. The molecule has 0 fully saturated rings. The molecule has 1 N–H and O–H groups in total. The molecule has 0 aromatic heterocycles. The first-order valence-corrected chi connectivity index (χ1v) is 11.7. The molecule has 0 spiro atoms. The van der Waals surface area contributed by atoms with Gasteiger partial charge in [0.1, 0.15) is 23.7 Å². The van der Waals surface area contributed by atoms with Crippen molar-refractivity contribution in [1.29, 1.82) is 0 Å². The molecule has 1 aliphatic heterocycles. The van der Waals surface area contributed by atoms with Crippen molar-refractivity contribution in [2.75, 3.05) is 0 Å². The summed E-state index contributed by atoms with van der Waals surface area (Å²) in [5.74, 6) is -0.291. The minimum Gasteiger partial charge on any atom is -0.512 e. The van der Waals surface area contributed by atoms with E-state index in [1.54, 1.807) is 6.08 Å². The summed E-state index contributed by atoms with van der Waals surface area (Å²) < 4.78 is 12.0. The highest BCUT2D eigenvalue weighted by Gasteiger charge is 2.44. The molecule has 0 saturated carbocycles. The lowest BCUT2D eigenvalue weighted by atomic mass is 9.80. The number of allylic oxidation sites excluding steroid dienone is 1. The van der Waals surface area contributed by atoms with Crippen molar-refractivity contribution >= 4 is 5.97 Å². The van der Waals surface area contributed by atoms with E-state index in [2.05, 4.69) is 6.58 Å². The summed E-state index contributed by atoms with van der Waals surface area (Å²) in [7, 11) is 0. The van der Waals surface area contributed by atoms with Crippen molar-refractivity contribution in [3.63, 3.8) is 0 Å². The fourth-order valence-corrected chi connectivity index (χ4v) is 4.61. The summed E-state index contributed by atoms with van der Waals surface area (Å²) in [5.41, 5.74) is 2.13. The highest BCUT2D eigenvalue weighted by atomic mass is 16.6. The average molecular weight is 455 g/mol. The van der Waals surface area contributed by atoms with Gasteiger partial charge in [-0.1, -0.05) is 92.2 Å². The van der Waals surface area contributed by atoms with Crippen LogP contribution < -0.4 is 4.74 Å². The molecule has 0 radical (unpaired) electrons. The fraction of sp³-hybridized carbons (Fsp3) is 0.233. The summed E-state index contributed by atoms with van der Waals surface area (Å²) in [6.07, 6.45) is 3.34. The van der Waals surface area contributed by atoms with E-state index in [4.69, 9.17) is 9.47 Å². The number of carbonyl (C=O) groups excluding carboxylic acids is 1. The number of esters is 1. The Morgan fingerprint density at radius 3 is 2.41 bits per heavy atom. The number of hydrogen-bond acceptors (Lipinski definition) is 4. The van der Waals surface area contributed by atoms with Gasteiger partial charge >= 0.3 is 5.97 Å². The van der Waals surface area contributed by atoms with Gasteiger partial charge in [-0.05, 0) is 35.2 Å². The average Bonchev–Trinajstić information content (AvgIpc) is 2.86. The number of aliphatic hydroxyl groups is 1. The van der Waals surface area contributed by atoms with Gasteiger partial charge in [0.05, 0.1) is 5.57 Å². The third kappa shape index (κ3) is 4.91. The smallest absolute Gasteiger partial charge is 0.339 e. The molecule has 0 aliphatic carbocycles. The van der Waals surface area contributed by atoms with Crippen molar-refractivity contribution in [2.45, 2.75) is 44.3 Å². The van der Waals surface area contributed by atoms with E-state index in [9.17, 15) is 9.90 Å². The van der Waals surface area contributed by atoms with Crippen LogP contribution in [0.25, 0.3) is 0 Å². The molecule has 2 atom stereocenters. The van der Waals surface area contributed by atoms with Crippen LogP contribution in [0.15, 0.2) is 109 Å². The molecule has 4 rings (SSSR count).